The molecule has 0 aliphatic heterocycles. The molecular formula is C46H48N2. The van der Waals surface area contributed by atoms with Crippen LogP contribution in [0.3, 0.4) is 0 Å². The van der Waals surface area contributed by atoms with Crippen molar-refractivity contribution in [1.82, 2.24) is 8.80 Å². The second kappa shape index (κ2) is 8.83. The highest BCUT2D eigenvalue weighted by Crippen LogP contribution is 2.47. The number of rotatable bonds is 0. The standard InChI is InChI=1S/C46H48N2/c1-43(2,3)25-13-15-37-29(17-25)33-19-27(45(7,8)9)21-35-31-24-40-32(23-39(31)47(37)41(33)35)36-22-28(46(10,11)12)20-34-30-18-26(44(4,5)6)14-16-38(30)48(40)42(34)36/h13-24H,1-12H3. The lowest BCUT2D eigenvalue weighted by Crippen LogP contribution is -2.11. The lowest BCUT2D eigenvalue weighted by molar-refractivity contribution is 0.590. The van der Waals surface area contributed by atoms with E-state index in [1.807, 2.05) is 0 Å². The van der Waals surface area contributed by atoms with E-state index in [9.17, 15) is 0 Å². The van der Waals surface area contributed by atoms with Gasteiger partial charge < -0.3 is 8.80 Å². The van der Waals surface area contributed by atoms with Gasteiger partial charge in [0.15, 0.2) is 0 Å². The van der Waals surface area contributed by atoms with Crippen molar-refractivity contribution in [3.05, 3.63) is 95.1 Å². The Morgan fingerprint density at radius 3 is 0.854 bits per heavy atom. The van der Waals surface area contributed by atoms with Crippen LogP contribution >= 0.6 is 0 Å². The third-order valence-corrected chi connectivity index (χ3v) is 11.4. The zero-order valence-corrected chi connectivity index (χ0v) is 30.8. The first-order valence-electron chi connectivity index (χ1n) is 17.8. The van der Waals surface area contributed by atoms with Gasteiger partial charge in [0, 0.05) is 43.1 Å². The summed E-state index contributed by atoms with van der Waals surface area (Å²) >= 11 is 0. The maximum absolute atomic E-state index is 2.57. The quantitative estimate of drug-likeness (QED) is 0.158. The van der Waals surface area contributed by atoms with E-state index in [4.69, 9.17) is 0 Å². The highest BCUT2D eigenvalue weighted by Gasteiger charge is 2.27. The van der Waals surface area contributed by atoms with Gasteiger partial charge in [-0.15, -0.1) is 0 Å². The predicted molar refractivity (Wildman–Crippen MR) is 211 cm³/mol. The molecule has 4 heterocycles. The fourth-order valence-electron chi connectivity index (χ4n) is 8.38. The molecule has 2 nitrogen and oxygen atoms in total. The minimum Gasteiger partial charge on any atom is -0.308 e. The lowest BCUT2D eigenvalue weighted by Gasteiger charge is -2.20. The van der Waals surface area contributed by atoms with E-state index in [1.54, 1.807) is 0 Å². The van der Waals surface area contributed by atoms with Gasteiger partial charge in [0.2, 0.25) is 0 Å². The van der Waals surface area contributed by atoms with E-state index in [1.165, 1.54) is 98.4 Å². The fraction of sp³-hybridized carbons (Fsp3) is 0.348. The van der Waals surface area contributed by atoms with Crippen LogP contribution in [0.25, 0.3) is 76.2 Å². The van der Waals surface area contributed by atoms with Crippen LogP contribution in [0.2, 0.25) is 0 Å². The second-order valence-electron chi connectivity index (χ2n) is 18.9. The van der Waals surface area contributed by atoms with Crippen LogP contribution in [-0.4, -0.2) is 8.80 Å². The summed E-state index contributed by atoms with van der Waals surface area (Å²) in [7, 11) is 0. The normalized spacial score (nSPS) is 14.2. The number of hydrogen-bond acceptors (Lipinski definition) is 0. The fourth-order valence-corrected chi connectivity index (χ4v) is 8.38. The molecule has 5 aromatic carbocycles. The van der Waals surface area contributed by atoms with Crippen LogP contribution in [-0.2, 0) is 21.7 Å². The summed E-state index contributed by atoms with van der Waals surface area (Å²) in [6.07, 6.45) is 0. The van der Waals surface area contributed by atoms with Crippen LogP contribution in [0.1, 0.15) is 105 Å². The third-order valence-electron chi connectivity index (χ3n) is 11.4. The molecule has 0 amide bonds. The van der Waals surface area contributed by atoms with E-state index >= 15 is 0 Å². The Bertz CT molecular complexity index is 2590. The van der Waals surface area contributed by atoms with Crippen molar-refractivity contribution >= 4 is 76.2 Å². The van der Waals surface area contributed by atoms with Gasteiger partial charge in [-0.3, -0.25) is 0 Å². The van der Waals surface area contributed by atoms with E-state index in [0.717, 1.165) is 0 Å². The summed E-state index contributed by atoms with van der Waals surface area (Å²) in [4.78, 5) is 0. The zero-order valence-electron chi connectivity index (χ0n) is 30.8. The molecule has 0 saturated carbocycles. The predicted octanol–water partition coefficient (Wildman–Crippen LogP) is 13.2. The largest absolute Gasteiger partial charge is 0.308 e. The summed E-state index contributed by atoms with van der Waals surface area (Å²) in [5.74, 6) is 0. The Labute approximate surface area is 284 Å². The van der Waals surface area contributed by atoms with Crippen LogP contribution in [0.5, 0.6) is 0 Å². The van der Waals surface area contributed by atoms with Crippen LogP contribution in [0.4, 0.5) is 0 Å². The van der Waals surface area contributed by atoms with E-state index in [0.29, 0.717) is 0 Å². The Hall–Kier alpha value is -4.30. The van der Waals surface area contributed by atoms with Gasteiger partial charge in [0.1, 0.15) is 0 Å². The van der Waals surface area contributed by atoms with Gasteiger partial charge in [-0.2, -0.15) is 0 Å². The van der Waals surface area contributed by atoms with Crippen LogP contribution < -0.4 is 0 Å². The molecule has 9 aromatic rings. The smallest absolute Gasteiger partial charge is 0.0620 e. The molecule has 0 atom stereocenters. The highest BCUT2D eigenvalue weighted by molar-refractivity contribution is 6.29. The monoisotopic (exact) mass is 628 g/mol. The molecule has 0 aliphatic carbocycles. The van der Waals surface area contributed by atoms with Crippen molar-refractivity contribution < 1.29 is 0 Å². The van der Waals surface area contributed by atoms with Gasteiger partial charge in [-0.25, -0.2) is 0 Å². The maximum atomic E-state index is 2.57. The summed E-state index contributed by atoms with van der Waals surface area (Å²) in [6, 6.07) is 29.3. The molecule has 0 spiro atoms. The van der Waals surface area contributed by atoms with Gasteiger partial charge in [0.25, 0.3) is 0 Å². The Morgan fingerprint density at radius 2 is 0.562 bits per heavy atom. The molecule has 0 fully saturated rings. The molecule has 48 heavy (non-hydrogen) atoms. The van der Waals surface area contributed by atoms with Crippen molar-refractivity contribution in [3.8, 4) is 0 Å². The van der Waals surface area contributed by atoms with Crippen LogP contribution in [0, 0.1) is 0 Å². The Balaban J connectivity index is 1.50. The van der Waals surface area contributed by atoms with Gasteiger partial charge >= 0.3 is 0 Å². The number of hydrogen-bond donors (Lipinski definition) is 0. The minimum atomic E-state index is 0.0351. The summed E-state index contributed by atoms with van der Waals surface area (Å²) < 4.78 is 5.14. The second-order valence-corrected chi connectivity index (χ2v) is 18.9. The number of benzene rings is 5. The average molecular weight is 629 g/mol. The van der Waals surface area contributed by atoms with Crippen molar-refractivity contribution in [2.24, 2.45) is 0 Å². The van der Waals surface area contributed by atoms with Crippen molar-refractivity contribution in [3.63, 3.8) is 0 Å². The molecule has 2 heteroatoms. The zero-order chi connectivity index (χ0) is 34.0. The van der Waals surface area contributed by atoms with E-state index in [2.05, 4.69) is 165 Å². The van der Waals surface area contributed by atoms with Gasteiger partial charge in [-0.1, -0.05) is 95.2 Å². The molecule has 4 aromatic heterocycles. The van der Waals surface area contributed by atoms with E-state index < -0.39 is 0 Å². The van der Waals surface area contributed by atoms with Crippen molar-refractivity contribution in [1.29, 1.82) is 0 Å². The lowest BCUT2D eigenvalue weighted by atomic mass is 9.84. The van der Waals surface area contributed by atoms with Gasteiger partial charge in [0.05, 0.1) is 33.1 Å². The molecule has 0 saturated heterocycles. The first-order chi connectivity index (χ1) is 22.3. The molecule has 0 N–H and O–H groups in total. The molecule has 0 aliphatic rings. The van der Waals surface area contributed by atoms with Crippen molar-refractivity contribution in [2.75, 3.05) is 0 Å². The Kier molecular flexibility index (Phi) is 5.48. The van der Waals surface area contributed by atoms with Crippen molar-refractivity contribution in [2.45, 2.75) is 105 Å². The maximum Gasteiger partial charge on any atom is 0.0620 e. The van der Waals surface area contributed by atoms with E-state index in [-0.39, 0.29) is 21.7 Å². The number of fused-ring (bicyclic) bond motifs is 12. The summed E-state index contributed by atoms with van der Waals surface area (Å²) in [6.45, 7) is 28.0. The third kappa shape index (κ3) is 3.86. The average Bonchev–Trinajstić information content (AvgIpc) is 3.70. The molecule has 0 unspecified atom stereocenters. The molecule has 9 rings (SSSR count). The number of nitrogens with zero attached hydrogens (tertiary/aromatic N) is 2. The SMILES string of the molecule is CC(C)(C)c1ccc2c(c1)c1cc(C(C)(C)C)cc3c4cc5c(cc4n2c13)c1cc(C(C)(C)C)cc2c3cc(C(C)(C)C)ccc3n5c21. The number of aromatic nitrogens is 2. The summed E-state index contributed by atoms with van der Waals surface area (Å²) in [5.41, 5.74) is 13.7. The molecular weight excluding hydrogens is 581 g/mol. The first kappa shape index (κ1) is 29.8. The first-order valence-corrected chi connectivity index (χ1v) is 17.8. The molecule has 0 bridgehead atoms. The highest BCUT2D eigenvalue weighted by atomic mass is 14.9. The van der Waals surface area contributed by atoms with Gasteiger partial charge in [-0.05, 0) is 105 Å². The molecule has 0 radical (unpaired) electrons. The molecule has 242 valence electrons. The Morgan fingerprint density at radius 1 is 0.292 bits per heavy atom. The minimum absolute atomic E-state index is 0.0351. The summed E-state index contributed by atoms with van der Waals surface area (Å²) in [5, 5.41) is 10.9. The topological polar surface area (TPSA) is 8.82 Å². The van der Waals surface area contributed by atoms with Crippen LogP contribution in [0.15, 0.2) is 72.8 Å².